The van der Waals surface area contributed by atoms with E-state index in [1.54, 1.807) is 6.07 Å². The molecule has 2 aromatic rings. The monoisotopic (exact) mass is 275 g/mol. The number of hydrogen-bond donors (Lipinski definition) is 0. The zero-order valence-corrected chi connectivity index (χ0v) is 12.3. The Labute approximate surface area is 118 Å². The summed E-state index contributed by atoms with van der Waals surface area (Å²) in [7, 11) is 0. The molecule has 0 fully saturated rings. The molecule has 4 heteroatoms. The summed E-state index contributed by atoms with van der Waals surface area (Å²) in [6, 6.07) is 7.75. The number of alkyl halides is 1. The van der Waals surface area contributed by atoms with E-state index in [2.05, 4.69) is 36.4 Å². The number of imidazole rings is 1. The van der Waals surface area contributed by atoms with Gasteiger partial charge in [-0.3, -0.25) is 0 Å². The molecule has 0 aliphatic heterocycles. The third-order valence-electron chi connectivity index (χ3n) is 3.68. The van der Waals surface area contributed by atoms with Gasteiger partial charge >= 0.3 is 0 Å². The van der Waals surface area contributed by atoms with Crippen molar-refractivity contribution in [2.75, 3.05) is 0 Å². The molecule has 2 rings (SSSR count). The Bertz CT molecular complexity index is 622. The molecule has 0 aliphatic carbocycles. The topological polar surface area (TPSA) is 41.6 Å². The smallest absolute Gasteiger partial charge is 0.124 e. The van der Waals surface area contributed by atoms with Crippen LogP contribution in [0.15, 0.2) is 18.2 Å². The Balaban J connectivity index is 2.52. The van der Waals surface area contributed by atoms with Crippen molar-refractivity contribution < 1.29 is 0 Å². The molecular formula is C15H18ClN3. The summed E-state index contributed by atoms with van der Waals surface area (Å²) in [4.78, 5) is 4.54. The number of benzene rings is 1. The fraction of sp³-hybridized carbons (Fsp3) is 0.467. The second-order valence-corrected chi connectivity index (χ2v) is 5.58. The molecule has 0 amide bonds. The molecule has 100 valence electrons. The van der Waals surface area contributed by atoms with Gasteiger partial charge in [0.1, 0.15) is 5.82 Å². The normalized spacial score (nSPS) is 12.8. The summed E-state index contributed by atoms with van der Waals surface area (Å²) in [5.74, 6) is 2.39. The highest BCUT2D eigenvalue weighted by Crippen LogP contribution is 2.22. The highest BCUT2D eigenvalue weighted by molar-refractivity contribution is 6.16. The van der Waals surface area contributed by atoms with Gasteiger partial charge in [0.25, 0.3) is 0 Å². The number of rotatable bonds is 4. The van der Waals surface area contributed by atoms with Crippen molar-refractivity contribution in [3.05, 3.63) is 29.6 Å². The van der Waals surface area contributed by atoms with E-state index in [1.807, 2.05) is 12.1 Å². The van der Waals surface area contributed by atoms with Crippen LogP contribution in [0.4, 0.5) is 0 Å². The minimum absolute atomic E-state index is 0.390. The molecule has 1 aromatic carbocycles. The van der Waals surface area contributed by atoms with Gasteiger partial charge in [-0.05, 0) is 30.0 Å². The Morgan fingerprint density at radius 3 is 2.68 bits per heavy atom. The van der Waals surface area contributed by atoms with Crippen LogP contribution in [0.2, 0.25) is 0 Å². The maximum atomic E-state index is 9.02. The van der Waals surface area contributed by atoms with Gasteiger partial charge in [0.15, 0.2) is 0 Å². The van der Waals surface area contributed by atoms with Gasteiger partial charge in [-0.2, -0.15) is 5.26 Å². The predicted molar refractivity (Wildman–Crippen MR) is 78.0 cm³/mol. The van der Waals surface area contributed by atoms with E-state index in [4.69, 9.17) is 16.9 Å². The van der Waals surface area contributed by atoms with E-state index in [-0.39, 0.29) is 0 Å². The van der Waals surface area contributed by atoms with Crippen molar-refractivity contribution in [3.8, 4) is 6.07 Å². The van der Waals surface area contributed by atoms with Crippen LogP contribution >= 0.6 is 11.6 Å². The first kappa shape index (κ1) is 13.9. The van der Waals surface area contributed by atoms with Crippen molar-refractivity contribution >= 4 is 22.6 Å². The summed E-state index contributed by atoms with van der Waals surface area (Å²) in [5, 5.41) is 9.02. The summed E-state index contributed by atoms with van der Waals surface area (Å²) in [6.07, 6.45) is 0. The summed E-state index contributed by atoms with van der Waals surface area (Å²) >= 11 is 5.99. The first-order chi connectivity index (χ1) is 9.06. The molecule has 0 N–H and O–H groups in total. The highest BCUT2D eigenvalue weighted by Gasteiger charge is 2.15. The zero-order chi connectivity index (χ0) is 14.0. The standard InChI is InChI=1S/C15H18ClN3/c1-10(2)11(3)9-19-14-6-12(8-17)4-5-13(14)18-15(19)7-16/h4-6,10-11H,7,9H2,1-3H3. The highest BCUT2D eigenvalue weighted by atomic mass is 35.5. The maximum absolute atomic E-state index is 9.02. The zero-order valence-electron chi connectivity index (χ0n) is 11.5. The maximum Gasteiger partial charge on any atom is 0.124 e. The molecule has 0 spiro atoms. The molecule has 1 aromatic heterocycles. The Morgan fingerprint density at radius 2 is 2.11 bits per heavy atom. The van der Waals surface area contributed by atoms with E-state index in [1.165, 1.54) is 0 Å². The number of nitrogens with zero attached hydrogens (tertiary/aromatic N) is 3. The lowest BCUT2D eigenvalue weighted by atomic mass is 9.98. The first-order valence-electron chi connectivity index (χ1n) is 6.52. The van der Waals surface area contributed by atoms with Gasteiger partial charge in [-0.25, -0.2) is 4.98 Å². The van der Waals surface area contributed by atoms with Crippen LogP contribution in [0.5, 0.6) is 0 Å². The van der Waals surface area contributed by atoms with Crippen LogP contribution in [0, 0.1) is 23.2 Å². The molecule has 0 saturated carbocycles. The average molecular weight is 276 g/mol. The second kappa shape index (κ2) is 5.63. The van der Waals surface area contributed by atoms with Crippen LogP contribution in [0.25, 0.3) is 11.0 Å². The molecule has 19 heavy (non-hydrogen) atoms. The van der Waals surface area contributed by atoms with Gasteiger partial charge in [-0.15, -0.1) is 11.6 Å². The quantitative estimate of drug-likeness (QED) is 0.793. The number of hydrogen-bond acceptors (Lipinski definition) is 2. The van der Waals surface area contributed by atoms with Crippen LogP contribution < -0.4 is 0 Å². The van der Waals surface area contributed by atoms with E-state index >= 15 is 0 Å². The molecule has 0 aliphatic rings. The fourth-order valence-corrected chi connectivity index (χ4v) is 2.25. The molecule has 0 radical (unpaired) electrons. The molecule has 1 atom stereocenters. The molecule has 3 nitrogen and oxygen atoms in total. The molecule has 0 bridgehead atoms. The van der Waals surface area contributed by atoms with Gasteiger partial charge < -0.3 is 4.57 Å². The van der Waals surface area contributed by atoms with Crippen molar-refractivity contribution in [2.24, 2.45) is 11.8 Å². The van der Waals surface area contributed by atoms with E-state index in [9.17, 15) is 0 Å². The lowest BCUT2D eigenvalue weighted by Crippen LogP contribution is -2.14. The van der Waals surface area contributed by atoms with Gasteiger partial charge in [0.2, 0.25) is 0 Å². The number of nitriles is 1. The van der Waals surface area contributed by atoms with Gasteiger partial charge in [-0.1, -0.05) is 20.8 Å². The van der Waals surface area contributed by atoms with Gasteiger partial charge in [0.05, 0.1) is 28.5 Å². The number of halogens is 1. The van der Waals surface area contributed by atoms with E-state index in [0.29, 0.717) is 23.3 Å². The predicted octanol–water partition coefficient (Wildman–Crippen LogP) is 3.94. The average Bonchev–Trinajstić information content (AvgIpc) is 2.75. The summed E-state index contributed by atoms with van der Waals surface area (Å²) in [6.45, 7) is 7.53. The second-order valence-electron chi connectivity index (χ2n) is 5.31. The van der Waals surface area contributed by atoms with Crippen LogP contribution in [0.3, 0.4) is 0 Å². The molecule has 0 saturated heterocycles. The van der Waals surface area contributed by atoms with Gasteiger partial charge in [0, 0.05) is 6.54 Å². The summed E-state index contributed by atoms with van der Waals surface area (Å²) < 4.78 is 2.15. The minimum atomic E-state index is 0.390. The Morgan fingerprint density at radius 1 is 1.37 bits per heavy atom. The van der Waals surface area contributed by atoms with E-state index in [0.717, 1.165) is 23.4 Å². The first-order valence-corrected chi connectivity index (χ1v) is 7.05. The Hall–Kier alpha value is -1.53. The molecule has 1 heterocycles. The molecule has 1 unspecified atom stereocenters. The van der Waals surface area contributed by atoms with Crippen LogP contribution in [-0.4, -0.2) is 9.55 Å². The summed E-state index contributed by atoms with van der Waals surface area (Å²) in [5.41, 5.74) is 2.57. The van der Waals surface area contributed by atoms with Crippen LogP contribution in [-0.2, 0) is 12.4 Å². The third-order valence-corrected chi connectivity index (χ3v) is 3.92. The van der Waals surface area contributed by atoms with Crippen molar-refractivity contribution in [3.63, 3.8) is 0 Å². The number of aromatic nitrogens is 2. The number of fused-ring (bicyclic) bond motifs is 1. The fourth-order valence-electron chi connectivity index (χ4n) is 2.05. The van der Waals surface area contributed by atoms with Crippen LogP contribution in [0.1, 0.15) is 32.2 Å². The van der Waals surface area contributed by atoms with Crippen molar-refractivity contribution in [2.45, 2.75) is 33.2 Å². The largest absolute Gasteiger partial charge is 0.327 e. The van der Waals surface area contributed by atoms with Crippen molar-refractivity contribution in [1.82, 2.24) is 9.55 Å². The van der Waals surface area contributed by atoms with Crippen molar-refractivity contribution in [1.29, 1.82) is 5.26 Å². The lowest BCUT2D eigenvalue weighted by Gasteiger charge is -2.18. The SMILES string of the molecule is CC(C)C(C)Cn1c(CCl)nc2ccc(C#N)cc21. The molecular weight excluding hydrogens is 258 g/mol. The lowest BCUT2D eigenvalue weighted by molar-refractivity contribution is 0.365. The Kier molecular flexibility index (Phi) is 4.11. The third kappa shape index (κ3) is 2.74. The van der Waals surface area contributed by atoms with E-state index < -0.39 is 0 Å². The minimum Gasteiger partial charge on any atom is -0.327 e.